The maximum absolute atomic E-state index is 10.9. The number of methoxy groups -OCH3 is 1. The first kappa shape index (κ1) is 16.2. The monoisotopic (exact) mass is 327 g/mol. The molecule has 0 fully saturated rings. The van der Waals surface area contributed by atoms with Crippen LogP contribution in [0.1, 0.15) is 35.6 Å². The highest BCUT2D eigenvalue weighted by Gasteiger charge is 2.16. The Morgan fingerprint density at radius 2 is 1.84 bits per heavy atom. The third-order valence-electron chi connectivity index (χ3n) is 3.45. The predicted octanol–water partition coefficient (Wildman–Crippen LogP) is 3.45. The molecule has 1 rings (SSSR count). The van der Waals surface area contributed by atoms with E-state index in [4.69, 9.17) is 4.74 Å². The number of benzene rings is 1. The van der Waals surface area contributed by atoms with Gasteiger partial charge < -0.3 is 10.1 Å². The van der Waals surface area contributed by atoms with Crippen LogP contribution in [0.25, 0.3) is 0 Å². The van der Waals surface area contributed by atoms with E-state index in [2.05, 4.69) is 42.0 Å². The lowest BCUT2D eigenvalue weighted by atomic mass is 9.99. The highest BCUT2D eigenvalue weighted by molar-refractivity contribution is 9.10. The molecule has 106 valence electrons. The summed E-state index contributed by atoms with van der Waals surface area (Å²) in [6.07, 6.45) is 0.563. The van der Waals surface area contributed by atoms with Crippen LogP contribution >= 0.6 is 15.9 Å². The molecule has 0 aliphatic heterocycles. The van der Waals surface area contributed by atoms with E-state index in [0.717, 1.165) is 21.3 Å². The summed E-state index contributed by atoms with van der Waals surface area (Å²) in [6.45, 7) is 9.25. The Morgan fingerprint density at radius 3 is 2.37 bits per heavy atom. The van der Waals surface area contributed by atoms with Gasteiger partial charge in [0.05, 0.1) is 7.11 Å². The summed E-state index contributed by atoms with van der Waals surface area (Å²) in [6, 6.07) is 0. The van der Waals surface area contributed by atoms with E-state index in [1.807, 2.05) is 0 Å². The van der Waals surface area contributed by atoms with Crippen LogP contribution in [0.5, 0.6) is 5.75 Å². The molecule has 0 bridgehead atoms. The van der Waals surface area contributed by atoms with E-state index >= 15 is 0 Å². The van der Waals surface area contributed by atoms with Crippen LogP contribution in [0.4, 0.5) is 0 Å². The molecule has 3 nitrogen and oxygen atoms in total. The van der Waals surface area contributed by atoms with Gasteiger partial charge in [-0.3, -0.25) is 4.79 Å². The van der Waals surface area contributed by atoms with E-state index < -0.39 is 0 Å². The molecular weight excluding hydrogens is 306 g/mol. The van der Waals surface area contributed by atoms with E-state index in [1.165, 1.54) is 11.1 Å². The molecule has 1 N–H and O–H groups in total. The molecule has 4 heteroatoms. The summed E-state index contributed by atoms with van der Waals surface area (Å²) >= 11 is 3.64. The van der Waals surface area contributed by atoms with Gasteiger partial charge in [0.25, 0.3) is 0 Å². The van der Waals surface area contributed by atoms with Crippen LogP contribution in [-0.2, 0) is 11.3 Å². The van der Waals surface area contributed by atoms with E-state index in [0.29, 0.717) is 19.5 Å². The highest BCUT2D eigenvalue weighted by atomic mass is 79.9. The smallest absolute Gasteiger partial charge is 0.131 e. The van der Waals surface area contributed by atoms with Crippen molar-refractivity contribution in [1.29, 1.82) is 0 Å². The van der Waals surface area contributed by atoms with Crippen LogP contribution in [0.15, 0.2) is 4.47 Å². The van der Waals surface area contributed by atoms with Crippen LogP contribution < -0.4 is 10.1 Å². The fraction of sp³-hybridized carbons (Fsp3) is 0.533. The van der Waals surface area contributed by atoms with Gasteiger partial charge in [0.15, 0.2) is 0 Å². The minimum absolute atomic E-state index is 0.206. The number of carbonyl (C=O) groups excluding carboxylic acids is 1. The molecule has 0 spiro atoms. The van der Waals surface area contributed by atoms with Crippen molar-refractivity contribution in [1.82, 2.24) is 5.32 Å². The molecule has 0 saturated heterocycles. The largest absolute Gasteiger partial charge is 0.496 e. The average molecular weight is 328 g/mol. The maximum Gasteiger partial charge on any atom is 0.131 e. The number of ether oxygens (including phenoxy) is 1. The van der Waals surface area contributed by atoms with Crippen LogP contribution in [0, 0.1) is 20.8 Å². The summed E-state index contributed by atoms with van der Waals surface area (Å²) in [5.74, 6) is 1.14. The number of rotatable bonds is 6. The molecule has 0 heterocycles. The number of hydrogen-bond donors (Lipinski definition) is 1. The van der Waals surface area contributed by atoms with Crippen molar-refractivity contribution in [3.8, 4) is 5.75 Å². The Balaban J connectivity index is 2.96. The minimum atomic E-state index is 0.206. The quantitative estimate of drug-likeness (QED) is 0.813. The van der Waals surface area contributed by atoms with Crippen molar-refractivity contribution < 1.29 is 9.53 Å². The van der Waals surface area contributed by atoms with Crippen molar-refractivity contribution in [3.05, 3.63) is 26.7 Å². The first-order valence-electron chi connectivity index (χ1n) is 6.42. The SMILES string of the molecule is COc1c(C)c(C)c(Br)c(C)c1CNCCC(C)=O. The zero-order valence-electron chi connectivity index (χ0n) is 12.3. The Hall–Kier alpha value is -0.870. The van der Waals surface area contributed by atoms with Gasteiger partial charge in [-0.25, -0.2) is 0 Å². The summed E-state index contributed by atoms with van der Waals surface area (Å²) in [4.78, 5) is 10.9. The van der Waals surface area contributed by atoms with Crippen molar-refractivity contribution in [3.63, 3.8) is 0 Å². The fourth-order valence-electron chi connectivity index (χ4n) is 2.11. The van der Waals surface area contributed by atoms with Crippen molar-refractivity contribution >= 4 is 21.7 Å². The Kier molecular flexibility index (Phi) is 6.01. The highest BCUT2D eigenvalue weighted by Crippen LogP contribution is 2.35. The van der Waals surface area contributed by atoms with E-state index in [9.17, 15) is 4.79 Å². The third-order valence-corrected chi connectivity index (χ3v) is 4.64. The van der Waals surface area contributed by atoms with Crippen molar-refractivity contribution in [2.24, 2.45) is 0 Å². The Morgan fingerprint density at radius 1 is 1.21 bits per heavy atom. The predicted molar refractivity (Wildman–Crippen MR) is 81.9 cm³/mol. The van der Waals surface area contributed by atoms with Crippen LogP contribution in [0.2, 0.25) is 0 Å². The van der Waals surface area contributed by atoms with Crippen molar-refractivity contribution in [2.45, 2.75) is 40.7 Å². The van der Waals surface area contributed by atoms with Gasteiger partial charge in [0, 0.05) is 29.5 Å². The second-order valence-corrected chi connectivity index (χ2v) is 5.62. The molecule has 1 aromatic carbocycles. The molecule has 0 aliphatic rings. The van der Waals surface area contributed by atoms with Crippen LogP contribution in [0.3, 0.4) is 0 Å². The lowest BCUT2D eigenvalue weighted by Crippen LogP contribution is -2.18. The topological polar surface area (TPSA) is 38.3 Å². The summed E-state index contributed by atoms with van der Waals surface area (Å²) in [5, 5.41) is 3.30. The third kappa shape index (κ3) is 3.80. The first-order valence-corrected chi connectivity index (χ1v) is 7.21. The number of nitrogens with one attached hydrogen (secondary N) is 1. The van der Waals surface area contributed by atoms with Crippen molar-refractivity contribution in [2.75, 3.05) is 13.7 Å². The molecule has 0 aliphatic carbocycles. The normalized spacial score (nSPS) is 10.6. The molecule has 0 atom stereocenters. The van der Waals surface area contributed by atoms with E-state index in [-0.39, 0.29) is 5.78 Å². The Bertz CT molecular complexity index is 484. The number of hydrogen-bond acceptors (Lipinski definition) is 3. The Labute approximate surface area is 123 Å². The summed E-state index contributed by atoms with van der Waals surface area (Å²) < 4.78 is 6.68. The first-order chi connectivity index (χ1) is 8.90. The standard InChI is InChI=1S/C15H22BrNO2/c1-9(18)6-7-17-8-13-12(4)14(16)10(2)11(3)15(13)19-5/h17H,6-8H2,1-5H3. The van der Waals surface area contributed by atoms with Gasteiger partial charge in [0.2, 0.25) is 0 Å². The number of ketones is 1. The summed E-state index contributed by atoms with van der Waals surface area (Å²) in [7, 11) is 1.70. The van der Waals surface area contributed by atoms with Gasteiger partial charge in [-0.15, -0.1) is 0 Å². The second-order valence-electron chi connectivity index (χ2n) is 4.83. The molecule has 0 saturated carbocycles. The molecule has 0 aromatic heterocycles. The molecule has 0 amide bonds. The van der Waals surface area contributed by atoms with E-state index in [1.54, 1.807) is 14.0 Å². The zero-order valence-corrected chi connectivity index (χ0v) is 13.9. The molecule has 19 heavy (non-hydrogen) atoms. The summed E-state index contributed by atoms with van der Waals surface area (Å²) in [5.41, 5.74) is 4.71. The fourth-order valence-corrected chi connectivity index (χ4v) is 2.65. The second kappa shape index (κ2) is 7.06. The van der Waals surface area contributed by atoms with Gasteiger partial charge in [-0.1, -0.05) is 15.9 Å². The molecule has 0 unspecified atom stereocenters. The average Bonchev–Trinajstić information content (AvgIpc) is 2.37. The van der Waals surface area contributed by atoms with Gasteiger partial charge in [0.1, 0.15) is 11.5 Å². The molecular formula is C15H22BrNO2. The molecule has 1 aromatic rings. The minimum Gasteiger partial charge on any atom is -0.496 e. The lowest BCUT2D eigenvalue weighted by Gasteiger charge is -2.19. The van der Waals surface area contributed by atoms with Crippen LogP contribution in [-0.4, -0.2) is 19.4 Å². The molecule has 0 radical (unpaired) electrons. The number of Topliss-reactive ketones (excluding diaryl/α,β-unsaturated/α-hetero) is 1. The van der Waals surface area contributed by atoms with Gasteiger partial charge in [-0.2, -0.15) is 0 Å². The number of carbonyl (C=O) groups is 1. The maximum atomic E-state index is 10.9. The lowest BCUT2D eigenvalue weighted by molar-refractivity contribution is -0.116. The number of halogens is 1. The van der Waals surface area contributed by atoms with Gasteiger partial charge >= 0.3 is 0 Å². The zero-order chi connectivity index (χ0) is 14.6. The van der Waals surface area contributed by atoms with Gasteiger partial charge in [-0.05, 0) is 44.4 Å².